The SMILES string of the molecule is OCCCOc1ccc2nc(C3CC3)sc2c1. The molecule has 0 bridgehead atoms. The quantitative estimate of drug-likeness (QED) is 0.828. The topological polar surface area (TPSA) is 42.4 Å². The summed E-state index contributed by atoms with van der Waals surface area (Å²) in [7, 11) is 0. The smallest absolute Gasteiger partial charge is 0.120 e. The van der Waals surface area contributed by atoms with E-state index in [0.29, 0.717) is 18.9 Å². The molecule has 0 saturated heterocycles. The first kappa shape index (κ1) is 11.0. The number of aromatic nitrogens is 1. The molecule has 0 radical (unpaired) electrons. The van der Waals surface area contributed by atoms with Gasteiger partial charge >= 0.3 is 0 Å². The Hall–Kier alpha value is -1.13. The standard InChI is InChI=1S/C13H15NO2S/c15-6-1-7-16-10-4-5-11-12(8-10)17-13(14-11)9-2-3-9/h4-5,8-9,15H,1-3,6-7H2. The summed E-state index contributed by atoms with van der Waals surface area (Å²) in [6.07, 6.45) is 3.26. The molecular weight excluding hydrogens is 234 g/mol. The van der Waals surface area contributed by atoms with Crippen molar-refractivity contribution in [2.75, 3.05) is 13.2 Å². The van der Waals surface area contributed by atoms with E-state index in [4.69, 9.17) is 9.84 Å². The molecule has 1 saturated carbocycles. The van der Waals surface area contributed by atoms with E-state index in [-0.39, 0.29) is 6.61 Å². The third-order valence-corrected chi connectivity index (χ3v) is 4.05. The van der Waals surface area contributed by atoms with Gasteiger partial charge < -0.3 is 9.84 Å². The number of benzene rings is 1. The van der Waals surface area contributed by atoms with Gasteiger partial charge in [-0.15, -0.1) is 11.3 Å². The summed E-state index contributed by atoms with van der Waals surface area (Å²) in [4.78, 5) is 4.64. The second-order valence-electron chi connectivity index (χ2n) is 4.38. The van der Waals surface area contributed by atoms with Gasteiger partial charge in [-0.2, -0.15) is 0 Å². The predicted molar refractivity (Wildman–Crippen MR) is 68.8 cm³/mol. The van der Waals surface area contributed by atoms with Crippen molar-refractivity contribution in [3.8, 4) is 5.75 Å². The van der Waals surface area contributed by atoms with Crippen LogP contribution in [0.3, 0.4) is 0 Å². The van der Waals surface area contributed by atoms with Gasteiger partial charge in [0.1, 0.15) is 5.75 Å². The molecule has 90 valence electrons. The van der Waals surface area contributed by atoms with Gasteiger partial charge in [-0.25, -0.2) is 4.98 Å². The zero-order chi connectivity index (χ0) is 11.7. The molecule has 0 amide bonds. The molecule has 0 atom stereocenters. The number of nitrogens with zero attached hydrogens (tertiary/aromatic N) is 1. The van der Waals surface area contributed by atoms with E-state index in [0.717, 1.165) is 11.3 Å². The van der Waals surface area contributed by atoms with Crippen LogP contribution in [-0.2, 0) is 0 Å². The highest BCUT2D eigenvalue weighted by molar-refractivity contribution is 7.18. The zero-order valence-corrected chi connectivity index (χ0v) is 10.4. The van der Waals surface area contributed by atoms with Crippen LogP contribution in [-0.4, -0.2) is 23.3 Å². The second-order valence-corrected chi connectivity index (χ2v) is 5.44. The van der Waals surface area contributed by atoms with E-state index >= 15 is 0 Å². The van der Waals surface area contributed by atoms with E-state index in [1.54, 1.807) is 11.3 Å². The molecule has 1 aliphatic rings. The number of aliphatic hydroxyl groups is 1. The molecule has 1 fully saturated rings. The summed E-state index contributed by atoms with van der Waals surface area (Å²) in [5.41, 5.74) is 1.08. The van der Waals surface area contributed by atoms with Crippen molar-refractivity contribution < 1.29 is 9.84 Å². The Morgan fingerprint density at radius 2 is 2.29 bits per heavy atom. The first-order chi connectivity index (χ1) is 8.36. The highest BCUT2D eigenvalue weighted by Crippen LogP contribution is 2.43. The van der Waals surface area contributed by atoms with Gasteiger partial charge in [0.05, 0.1) is 21.8 Å². The van der Waals surface area contributed by atoms with Crippen molar-refractivity contribution in [2.45, 2.75) is 25.2 Å². The Kier molecular flexibility index (Phi) is 2.99. The van der Waals surface area contributed by atoms with Crippen LogP contribution in [0, 0.1) is 0 Å². The summed E-state index contributed by atoms with van der Waals surface area (Å²) in [5, 5.41) is 9.97. The number of hydrogen-bond donors (Lipinski definition) is 1. The minimum Gasteiger partial charge on any atom is -0.493 e. The van der Waals surface area contributed by atoms with Crippen molar-refractivity contribution in [2.24, 2.45) is 0 Å². The molecular formula is C13H15NO2S. The van der Waals surface area contributed by atoms with Crippen LogP contribution < -0.4 is 4.74 Å². The lowest BCUT2D eigenvalue weighted by atomic mass is 10.3. The molecule has 0 aliphatic heterocycles. The zero-order valence-electron chi connectivity index (χ0n) is 9.56. The van der Waals surface area contributed by atoms with E-state index in [1.807, 2.05) is 12.1 Å². The Bertz CT molecular complexity index is 519. The van der Waals surface area contributed by atoms with Gasteiger partial charge in [-0.3, -0.25) is 0 Å². The van der Waals surface area contributed by atoms with Crippen molar-refractivity contribution in [1.82, 2.24) is 4.98 Å². The molecule has 1 aliphatic carbocycles. The van der Waals surface area contributed by atoms with E-state index < -0.39 is 0 Å². The molecule has 3 nitrogen and oxygen atoms in total. The highest BCUT2D eigenvalue weighted by Gasteiger charge is 2.26. The number of ether oxygens (including phenoxy) is 1. The summed E-state index contributed by atoms with van der Waals surface area (Å²) < 4.78 is 6.76. The number of fused-ring (bicyclic) bond motifs is 1. The van der Waals surface area contributed by atoms with Gasteiger partial charge in [0.25, 0.3) is 0 Å². The highest BCUT2D eigenvalue weighted by atomic mass is 32.1. The molecule has 4 heteroatoms. The van der Waals surface area contributed by atoms with Crippen LogP contribution in [0.5, 0.6) is 5.75 Å². The fraction of sp³-hybridized carbons (Fsp3) is 0.462. The molecule has 1 aromatic heterocycles. The number of aliphatic hydroxyl groups excluding tert-OH is 1. The van der Waals surface area contributed by atoms with Crippen molar-refractivity contribution in [3.05, 3.63) is 23.2 Å². The van der Waals surface area contributed by atoms with Crippen molar-refractivity contribution >= 4 is 21.6 Å². The van der Waals surface area contributed by atoms with E-state index in [2.05, 4.69) is 11.1 Å². The Balaban J connectivity index is 1.79. The van der Waals surface area contributed by atoms with Crippen molar-refractivity contribution in [1.29, 1.82) is 0 Å². The fourth-order valence-corrected chi connectivity index (χ4v) is 2.94. The number of thiazole rings is 1. The summed E-state index contributed by atoms with van der Waals surface area (Å²) in [6, 6.07) is 6.03. The lowest BCUT2D eigenvalue weighted by molar-refractivity contribution is 0.234. The third-order valence-electron chi connectivity index (χ3n) is 2.87. The van der Waals surface area contributed by atoms with Crippen LogP contribution in [0.25, 0.3) is 10.2 Å². The molecule has 17 heavy (non-hydrogen) atoms. The maximum atomic E-state index is 8.70. The first-order valence-corrected chi connectivity index (χ1v) is 6.82. The third kappa shape index (κ3) is 2.42. The van der Waals surface area contributed by atoms with Crippen LogP contribution >= 0.6 is 11.3 Å². The van der Waals surface area contributed by atoms with Gasteiger partial charge in [-0.05, 0) is 31.0 Å². The van der Waals surface area contributed by atoms with Crippen LogP contribution in [0.4, 0.5) is 0 Å². The average molecular weight is 249 g/mol. The van der Waals surface area contributed by atoms with Crippen LogP contribution in [0.2, 0.25) is 0 Å². The second kappa shape index (κ2) is 4.63. The van der Waals surface area contributed by atoms with Gasteiger partial charge in [0.2, 0.25) is 0 Å². The van der Waals surface area contributed by atoms with E-state index in [9.17, 15) is 0 Å². The Labute approximate surface area is 104 Å². The van der Waals surface area contributed by atoms with Gasteiger partial charge in [0.15, 0.2) is 0 Å². The van der Waals surface area contributed by atoms with E-state index in [1.165, 1.54) is 22.5 Å². The largest absolute Gasteiger partial charge is 0.493 e. The molecule has 1 N–H and O–H groups in total. The van der Waals surface area contributed by atoms with Gasteiger partial charge in [-0.1, -0.05) is 0 Å². The molecule has 3 rings (SSSR count). The maximum Gasteiger partial charge on any atom is 0.120 e. The van der Waals surface area contributed by atoms with Crippen molar-refractivity contribution in [3.63, 3.8) is 0 Å². The Morgan fingerprint density at radius 1 is 1.41 bits per heavy atom. The molecule has 0 spiro atoms. The van der Waals surface area contributed by atoms with Crippen LogP contribution in [0.15, 0.2) is 18.2 Å². The summed E-state index contributed by atoms with van der Waals surface area (Å²) >= 11 is 1.78. The average Bonchev–Trinajstić information content (AvgIpc) is 3.10. The normalized spacial score (nSPS) is 15.4. The lowest BCUT2D eigenvalue weighted by Gasteiger charge is -2.03. The Morgan fingerprint density at radius 3 is 3.06 bits per heavy atom. The minimum atomic E-state index is 0.175. The molecule has 0 unspecified atom stereocenters. The summed E-state index contributed by atoms with van der Waals surface area (Å²) in [6.45, 7) is 0.741. The number of hydrogen-bond acceptors (Lipinski definition) is 4. The maximum absolute atomic E-state index is 8.70. The lowest BCUT2D eigenvalue weighted by Crippen LogP contribution is -1.99. The monoisotopic (exact) mass is 249 g/mol. The predicted octanol–water partition coefficient (Wildman–Crippen LogP) is 2.93. The minimum absolute atomic E-state index is 0.175. The molecule has 1 aromatic carbocycles. The molecule has 1 heterocycles. The molecule has 2 aromatic rings. The van der Waals surface area contributed by atoms with Crippen LogP contribution in [0.1, 0.15) is 30.2 Å². The summed E-state index contributed by atoms with van der Waals surface area (Å²) in [5.74, 6) is 1.59. The van der Waals surface area contributed by atoms with Gasteiger partial charge in [0, 0.05) is 18.9 Å². The number of rotatable bonds is 5. The fourth-order valence-electron chi connectivity index (χ4n) is 1.77. The first-order valence-electron chi connectivity index (χ1n) is 6.01.